The quantitative estimate of drug-likeness (QED) is 0.758. The van der Waals surface area contributed by atoms with E-state index in [0.717, 1.165) is 43.3 Å². The molecule has 3 nitrogen and oxygen atoms in total. The van der Waals surface area contributed by atoms with E-state index in [1.165, 1.54) is 0 Å². The third kappa shape index (κ3) is 3.86. The van der Waals surface area contributed by atoms with Gasteiger partial charge in [0, 0.05) is 12.1 Å². The first-order valence-corrected chi connectivity index (χ1v) is 6.82. The molecule has 0 saturated heterocycles. The predicted molar refractivity (Wildman–Crippen MR) is 77.4 cm³/mol. The van der Waals surface area contributed by atoms with Crippen molar-refractivity contribution in [2.24, 2.45) is 0 Å². The minimum absolute atomic E-state index is 0.724. The van der Waals surface area contributed by atoms with Gasteiger partial charge in [0.05, 0.1) is 6.26 Å². The number of hydrogen-bond donors (Lipinski definition) is 0. The van der Waals surface area contributed by atoms with E-state index >= 15 is 0 Å². The molecule has 102 valence electrons. The van der Waals surface area contributed by atoms with Gasteiger partial charge in [-0.2, -0.15) is 0 Å². The SMILES string of the molecule is CCN(CC)CCOc1ccc(-c2ccco2)cc1. The second-order valence-electron chi connectivity index (χ2n) is 4.38. The molecule has 0 unspecified atom stereocenters. The van der Waals surface area contributed by atoms with E-state index in [0.29, 0.717) is 0 Å². The van der Waals surface area contributed by atoms with Gasteiger partial charge in [-0.3, -0.25) is 0 Å². The number of furan rings is 1. The van der Waals surface area contributed by atoms with Crippen LogP contribution in [0.25, 0.3) is 11.3 Å². The molecule has 3 heteroatoms. The second kappa shape index (κ2) is 7.00. The van der Waals surface area contributed by atoms with Gasteiger partial charge in [-0.05, 0) is 49.5 Å². The van der Waals surface area contributed by atoms with Crippen LogP contribution in [0.1, 0.15) is 13.8 Å². The Morgan fingerprint density at radius 1 is 1.05 bits per heavy atom. The number of hydrogen-bond acceptors (Lipinski definition) is 3. The van der Waals surface area contributed by atoms with E-state index in [9.17, 15) is 0 Å². The van der Waals surface area contributed by atoms with Gasteiger partial charge in [0.25, 0.3) is 0 Å². The average molecular weight is 259 g/mol. The van der Waals surface area contributed by atoms with Gasteiger partial charge in [0.2, 0.25) is 0 Å². The summed E-state index contributed by atoms with van der Waals surface area (Å²) in [7, 11) is 0. The Labute approximate surface area is 114 Å². The van der Waals surface area contributed by atoms with Gasteiger partial charge in [-0.15, -0.1) is 0 Å². The molecule has 1 aromatic carbocycles. The van der Waals surface area contributed by atoms with Gasteiger partial charge in [-0.1, -0.05) is 13.8 Å². The highest BCUT2D eigenvalue weighted by Gasteiger charge is 2.02. The smallest absolute Gasteiger partial charge is 0.133 e. The Kier molecular flexibility index (Phi) is 5.04. The third-order valence-corrected chi connectivity index (χ3v) is 3.23. The van der Waals surface area contributed by atoms with Crippen LogP contribution in [0.3, 0.4) is 0 Å². The molecule has 2 aromatic rings. The third-order valence-electron chi connectivity index (χ3n) is 3.23. The average Bonchev–Trinajstić information content (AvgIpc) is 2.98. The Balaban J connectivity index is 1.85. The summed E-state index contributed by atoms with van der Waals surface area (Å²) in [6.07, 6.45) is 1.68. The summed E-state index contributed by atoms with van der Waals surface area (Å²) in [5.41, 5.74) is 1.07. The molecule has 2 rings (SSSR count). The van der Waals surface area contributed by atoms with Crippen molar-refractivity contribution < 1.29 is 9.15 Å². The first-order chi connectivity index (χ1) is 9.33. The van der Waals surface area contributed by atoms with Crippen molar-refractivity contribution in [2.75, 3.05) is 26.2 Å². The zero-order chi connectivity index (χ0) is 13.5. The molecule has 0 amide bonds. The van der Waals surface area contributed by atoms with Crippen LogP contribution in [-0.2, 0) is 0 Å². The van der Waals surface area contributed by atoms with Crippen molar-refractivity contribution in [3.8, 4) is 17.1 Å². The summed E-state index contributed by atoms with van der Waals surface area (Å²) < 4.78 is 11.1. The number of rotatable bonds is 7. The molecule has 0 aliphatic heterocycles. The first-order valence-electron chi connectivity index (χ1n) is 6.82. The van der Waals surface area contributed by atoms with Crippen LogP contribution < -0.4 is 4.74 Å². The maximum absolute atomic E-state index is 5.74. The van der Waals surface area contributed by atoms with Crippen LogP contribution >= 0.6 is 0 Å². The monoisotopic (exact) mass is 259 g/mol. The highest BCUT2D eigenvalue weighted by molar-refractivity contribution is 5.58. The molecule has 19 heavy (non-hydrogen) atoms. The zero-order valence-corrected chi connectivity index (χ0v) is 11.6. The zero-order valence-electron chi connectivity index (χ0n) is 11.6. The Bertz CT molecular complexity index is 458. The number of benzene rings is 1. The molecule has 0 spiro atoms. The van der Waals surface area contributed by atoms with E-state index in [2.05, 4.69) is 18.7 Å². The number of nitrogens with zero attached hydrogens (tertiary/aromatic N) is 1. The lowest BCUT2D eigenvalue weighted by Crippen LogP contribution is -2.27. The van der Waals surface area contributed by atoms with Gasteiger partial charge >= 0.3 is 0 Å². The first kappa shape index (κ1) is 13.7. The second-order valence-corrected chi connectivity index (χ2v) is 4.38. The molecule has 0 fully saturated rings. The van der Waals surface area contributed by atoms with E-state index in [-0.39, 0.29) is 0 Å². The molecule has 0 saturated carbocycles. The van der Waals surface area contributed by atoms with Gasteiger partial charge < -0.3 is 14.1 Å². The molecule has 0 atom stereocenters. The minimum Gasteiger partial charge on any atom is -0.492 e. The maximum atomic E-state index is 5.74. The number of ether oxygens (including phenoxy) is 1. The topological polar surface area (TPSA) is 25.6 Å². The van der Waals surface area contributed by atoms with E-state index < -0.39 is 0 Å². The Morgan fingerprint density at radius 3 is 2.37 bits per heavy atom. The lowest BCUT2D eigenvalue weighted by Gasteiger charge is -2.18. The molecule has 0 radical (unpaired) electrons. The van der Waals surface area contributed by atoms with Crippen LogP contribution in [0, 0.1) is 0 Å². The van der Waals surface area contributed by atoms with Crippen LogP contribution in [0.2, 0.25) is 0 Å². The lowest BCUT2D eigenvalue weighted by molar-refractivity contribution is 0.223. The normalized spacial score (nSPS) is 10.9. The molecule has 0 aliphatic rings. The van der Waals surface area contributed by atoms with E-state index in [4.69, 9.17) is 9.15 Å². The largest absolute Gasteiger partial charge is 0.492 e. The molecular weight excluding hydrogens is 238 g/mol. The molecule has 1 aromatic heterocycles. The van der Waals surface area contributed by atoms with E-state index in [1.807, 2.05) is 36.4 Å². The van der Waals surface area contributed by atoms with Crippen LogP contribution in [-0.4, -0.2) is 31.1 Å². The maximum Gasteiger partial charge on any atom is 0.133 e. The lowest BCUT2D eigenvalue weighted by atomic mass is 10.2. The van der Waals surface area contributed by atoms with Crippen molar-refractivity contribution in [3.05, 3.63) is 42.7 Å². The standard InChI is InChI=1S/C16H21NO2/c1-3-17(4-2)11-13-18-15-9-7-14(8-10-15)16-6-5-12-19-16/h5-10,12H,3-4,11,13H2,1-2H3. The molecule has 0 bridgehead atoms. The molecule has 1 heterocycles. The predicted octanol–water partition coefficient (Wildman–Crippen LogP) is 3.67. The van der Waals surface area contributed by atoms with Crippen LogP contribution in [0.4, 0.5) is 0 Å². The highest BCUT2D eigenvalue weighted by atomic mass is 16.5. The van der Waals surface area contributed by atoms with Crippen molar-refractivity contribution in [2.45, 2.75) is 13.8 Å². The molecule has 0 aliphatic carbocycles. The fourth-order valence-corrected chi connectivity index (χ4v) is 1.99. The van der Waals surface area contributed by atoms with Crippen molar-refractivity contribution in [3.63, 3.8) is 0 Å². The summed E-state index contributed by atoms with van der Waals surface area (Å²) >= 11 is 0. The Morgan fingerprint density at radius 2 is 1.79 bits per heavy atom. The van der Waals surface area contributed by atoms with Crippen molar-refractivity contribution in [1.82, 2.24) is 4.90 Å². The minimum atomic E-state index is 0.724. The van der Waals surface area contributed by atoms with Crippen molar-refractivity contribution in [1.29, 1.82) is 0 Å². The summed E-state index contributed by atoms with van der Waals surface area (Å²) in [6.45, 7) is 8.16. The van der Waals surface area contributed by atoms with Gasteiger partial charge in [0.15, 0.2) is 0 Å². The fraction of sp³-hybridized carbons (Fsp3) is 0.375. The van der Waals surface area contributed by atoms with Crippen molar-refractivity contribution >= 4 is 0 Å². The molecular formula is C16H21NO2. The summed E-state index contributed by atoms with van der Waals surface area (Å²) in [5.74, 6) is 1.79. The van der Waals surface area contributed by atoms with Crippen LogP contribution in [0.15, 0.2) is 47.1 Å². The summed E-state index contributed by atoms with van der Waals surface area (Å²) in [4.78, 5) is 2.34. The van der Waals surface area contributed by atoms with Crippen LogP contribution in [0.5, 0.6) is 5.75 Å². The van der Waals surface area contributed by atoms with E-state index in [1.54, 1.807) is 6.26 Å². The molecule has 0 N–H and O–H groups in total. The van der Waals surface area contributed by atoms with Gasteiger partial charge in [-0.25, -0.2) is 0 Å². The summed E-state index contributed by atoms with van der Waals surface area (Å²) in [5, 5.41) is 0. The van der Waals surface area contributed by atoms with Gasteiger partial charge in [0.1, 0.15) is 18.1 Å². The number of likely N-dealkylation sites (N-methyl/N-ethyl adjacent to an activating group) is 1. The highest BCUT2D eigenvalue weighted by Crippen LogP contribution is 2.22. The summed E-state index contributed by atoms with van der Waals surface area (Å²) in [6, 6.07) is 11.9. The fourth-order valence-electron chi connectivity index (χ4n) is 1.99. The Hall–Kier alpha value is -1.74.